The molecule has 2 atom stereocenters. The summed E-state index contributed by atoms with van der Waals surface area (Å²) in [4.78, 5) is 2.74. The molecule has 6 heteroatoms. The van der Waals surface area contributed by atoms with Gasteiger partial charge in [0, 0.05) is 31.2 Å². The zero-order valence-corrected chi connectivity index (χ0v) is 13.1. The van der Waals surface area contributed by atoms with Gasteiger partial charge in [0.1, 0.15) is 0 Å². The van der Waals surface area contributed by atoms with Crippen LogP contribution in [0.5, 0.6) is 0 Å². The van der Waals surface area contributed by atoms with Gasteiger partial charge in [-0.2, -0.15) is 0 Å². The van der Waals surface area contributed by atoms with Crippen LogP contribution in [0.15, 0.2) is 29.2 Å². The maximum atomic E-state index is 11.3. The Balaban J connectivity index is 1.59. The van der Waals surface area contributed by atoms with E-state index in [1.165, 1.54) is 25.8 Å². The number of primary sulfonamides is 1. The van der Waals surface area contributed by atoms with E-state index in [1.54, 1.807) is 12.1 Å². The Kier molecular flexibility index (Phi) is 4.05. The molecule has 0 radical (unpaired) electrons. The highest BCUT2D eigenvalue weighted by atomic mass is 32.2. The van der Waals surface area contributed by atoms with Crippen LogP contribution >= 0.6 is 0 Å². The van der Waals surface area contributed by atoms with Gasteiger partial charge in [-0.15, -0.1) is 0 Å². The fraction of sp³-hybridized carbons (Fsp3) is 0.600. The molecule has 2 aliphatic rings. The second-order valence-corrected chi connectivity index (χ2v) is 7.78. The minimum absolute atomic E-state index is 0.166. The van der Waals surface area contributed by atoms with Crippen molar-refractivity contribution >= 4 is 10.0 Å². The Hall–Kier alpha value is -0.950. The highest BCUT2D eigenvalue weighted by molar-refractivity contribution is 7.89. The smallest absolute Gasteiger partial charge is 0.238 e. The molecule has 1 aromatic rings. The van der Waals surface area contributed by atoms with Crippen molar-refractivity contribution in [3.8, 4) is 0 Å². The van der Waals surface area contributed by atoms with Crippen molar-refractivity contribution in [2.45, 2.75) is 49.2 Å². The number of hydrogen-bond acceptors (Lipinski definition) is 4. The molecule has 5 nitrogen and oxygen atoms in total. The molecule has 0 aromatic heterocycles. The van der Waals surface area contributed by atoms with Gasteiger partial charge in [0.05, 0.1) is 4.90 Å². The summed E-state index contributed by atoms with van der Waals surface area (Å²) in [6, 6.07) is 8.40. The normalized spacial score (nSPS) is 25.1. The number of hydrogen-bond donors (Lipinski definition) is 2. The first-order valence-corrected chi connectivity index (χ1v) is 9.11. The lowest BCUT2D eigenvalue weighted by Crippen LogP contribution is -2.35. The topological polar surface area (TPSA) is 75.4 Å². The zero-order chi connectivity index (χ0) is 15.0. The van der Waals surface area contributed by atoms with E-state index in [0.29, 0.717) is 6.04 Å². The summed E-state index contributed by atoms with van der Waals surface area (Å²) in [7, 11) is -3.60. The number of sulfonamides is 1. The highest BCUT2D eigenvalue weighted by Gasteiger charge is 2.34. The molecule has 1 aliphatic carbocycles. The monoisotopic (exact) mass is 309 g/mol. The third kappa shape index (κ3) is 3.63. The third-order valence-electron chi connectivity index (χ3n) is 4.48. The number of benzene rings is 1. The van der Waals surface area contributed by atoms with Crippen LogP contribution in [0.4, 0.5) is 0 Å². The molecule has 0 amide bonds. The average molecular weight is 309 g/mol. The lowest BCUT2D eigenvalue weighted by atomic mass is 10.1. The molecule has 116 valence electrons. The third-order valence-corrected chi connectivity index (χ3v) is 5.41. The van der Waals surface area contributed by atoms with Gasteiger partial charge in [0.2, 0.25) is 10.0 Å². The molecule has 3 N–H and O–H groups in total. The Morgan fingerprint density at radius 2 is 1.90 bits per heavy atom. The largest absolute Gasteiger partial charge is 0.306 e. The van der Waals surface area contributed by atoms with Crippen molar-refractivity contribution in [1.82, 2.24) is 10.2 Å². The second kappa shape index (κ2) is 5.68. The minimum atomic E-state index is -3.60. The molecule has 1 saturated carbocycles. The average Bonchev–Trinajstić information content (AvgIpc) is 3.19. The summed E-state index contributed by atoms with van der Waals surface area (Å²) < 4.78 is 22.5. The summed E-state index contributed by atoms with van der Waals surface area (Å²) in [6.45, 7) is 4.44. The van der Waals surface area contributed by atoms with E-state index < -0.39 is 10.0 Å². The molecular formula is C15H23N3O2S. The minimum Gasteiger partial charge on any atom is -0.306 e. The molecule has 1 heterocycles. The SMILES string of the molecule is CC(NC1CCN(C2CC2)C1)c1ccc(S(N)(=O)=O)cc1. The van der Waals surface area contributed by atoms with Crippen LogP contribution in [0.3, 0.4) is 0 Å². The van der Waals surface area contributed by atoms with Crippen molar-refractivity contribution in [2.75, 3.05) is 13.1 Å². The summed E-state index contributed by atoms with van der Waals surface area (Å²) in [5, 5.41) is 8.76. The standard InChI is InChI=1S/C15H23N3O2S/c1-11(12-2-6-15(7-3-12)21(16,19)20)17-13-8-9-18(10-13)14-4-5-14/h2-3,6-7,11,13-14,17H,4-5,8-10H2,1H3,(H2,16,19,20). The van der Waals surface area contributed by atoms with Crippen LogP contribution < -0.4 is 10.5 Å². The lowest BCUT2D eigenvalue weighted by Gasteiger charge is -2.21. The van der Waals surface area contributed by atoms with Crippen LogP contribution in [0.25, 0.3) is 0 Å². The zero-order valence-electron chi connectivity index (χ0n) is 12.3. The Bertz CT molecular complexity index is 596. The van der Waals surface area contributed by atoms with E-state index in [0.717, 1.165) is 18.2 Å². The van der Waals surface area contributed by atoms with Gasteiger partial charge in [-0.3, -0.25) is 4.90 Å². The predicted molar refractivity (Wildman–Crippen MR) is 82.4 cm³/mol. The van der Waals surface area contributed by atoms with E-state index in [1.807, 2.05) is 12.1 Å². The lowest BCUT2D eigenvalue weighted by molar-refractivity contribution is 0.313. The first kappa shape index (κ1) is 15.0. The molecular weight excluding hydrogens is 286 g/mol. The van der Waals surface area contributed by atoms with E-state index in [4.69, 9.17) is 5.14 Å². The van der Waals surface area contributed by atoms with E-state index in [9.17, 15) is 8.42 Å². The fourth-order valence-corrected chi connectivity index (χ4v) is 3.61. The van der Waals surface area contributed by atoms with Gasteiger partial charge in [-0.1, -0.05) is 12.1 Å². The Labute approximate surface area is 126 Å². The van der Waals surface area contributed by atoms with Crippen LogP contribution in [0, 0.1) is 0 Å². The van der Waals surface area contributed by atoms with Gasteiger partial charge in [-0.25, -0.2) is 13.6 Å². The summed E-state index contributed by atoms with van der Waals surface area (Å²) in [6.07, 6.45) is 3.91. The van der Waals surface area contributed by atoms with Crippen molar-refractivity contribution in [3.63, 3.8) is 0 Å². The molecule has 0 bridgehead atoms. The van der Waals surface area contributed by atoms with Gasteiger partial charge in [-0.05, 0) is 43.9 Å². The number of nitrogens with zero attached hydrogens (tertiary/aromatic N) is 1. The number of nitrogens with two attached hydrogens (primary N) is 1. The van der Waals surface area contributed by atoms with Crippen molar-refractivity contribution in [2.24, 2.45) is 5.14 Å². The van der Waals surface area contributed by atoms with Crippen LogP contribution in [-0.4, -0.2) is 38.5 Å². The van der Waals surface area contributed by atoms with E-state index >= 15 is 0 Å². The molecule has 1 saturated heterocycles. The summed E-state index contributed by atoms with van der Waals surface area (Å²) in [5.41, 5.74) is 1.09. The van der Waals surface area contributed by atoms with Gasteiger partial charge in [0.15, 0.2) is 0 Å². The second-order valence-electron chi connectivity index (χ2n) is 6.21. The molecule has 0 spiro atoms. The summed E-state index contributed by atoms with van der Waals surface area (Å²) in [5.74, 6) is 0. The molecule has 2 fully saturated rings. The fourth-order valence-electron chi connectivity index (χ4n) is 3.09. The van der Waals surface area contributed by atoms with Crippen LogP contribution in [0.1, 0.15) is 37.8 Å². The first-order chi connectivity index (χ1) is 9.93. The van der Waals surface area contributed by atoms with Crippen molar-refractivity contribution in [1.29, 1.82) is 0 Å². The molecule has 1 aliphatic heterocycles. The highest BCUT2D eigenvalue weighted by Crippen LogP contribution is 2.30. The predicted octanol–water partition coefficient (Wildman–Crippen LogP) is 1.22. The van der Waals surface area contributed by atoms with Gasteiger partial charge < -0.3 is 5.32 Å². The number of rotatable bonds is 5. The van der Waals surface area contributed by atoms with Crippen molar-refractivity contribution < 1.29 is 8.42 Å². The molecule has 2 unspecified atom stereocenters. The summed E-state index contributed by atoms with van der Waals surface area (Å²) >= 11 is 0. The van der Waals surface area contributed by atoms with Crippen molar-refractivity contribution in [3.05, 3.63) is 29.8 Å². The van der Waals surface area contributed by atoms with E-state index in [-0.39, 0.29) is 10.9 Å². The quantitative estimate of drug-likeness (QED) is 0.857. The number of likely N-dealkylation sites (tertiary alicyclic amines) is 1. The first-order valence-electron chi connectivity index (χ1n) is 7.56. The van der Waals surface area contributed by atoms with Gasteiger partial charge in [0.25, 0.3) is 0 Å². The molecule has 21 heavy (non-hydrogen) atoms. The maximum absolute atomic E-state index is 11.3. The molecule has 3 rings (SSSR count). The Morgan fingerprint density at radius 3 is 2.48 bits per heavy atom. The maximum Gasteiger partial charge on any atom is 0.238 e. The van der Waals surface area contributed by atoms with Gasteiger partial charge >= 0.3 is 0 Å². The van der Waals surface area contributed by atoms with Crippen LogP contribution in [0.2, 0.25) is 0 Å². The number of nitrogens with one attached hydrogen (secondary N) is 1. The van der Waals surface area contributed by atoms with Crippen LogP contribution in [-0.2, 0) is 10.0 Å². The Morgan fingerprint density at radius 1 is 1.24 bits per heavy atom. The van der Waals surface area contributed by atoms with E-state index in [2.05, 4.69) is 17.1 Å². The molecule has 1 aromatic carbocycles.